The lowest BCUT2D eigenvalue weighted by molar-refractivity contribution is 0.102. The molecule has 0 saturated heterocycles. The van der Waals surface area contributed by atoms with Gasteiger partial charge in [-0.05, 0) is 31.5 Å². The van der Waals surface area contributed by atoms with Crippen molar-refractivity contribution in [1.29, 1.82) is 0 Å². The SMILES string of the molecule is COc1cc(C(=O)Nc2ccc(C)cc2C)cc(Cl)n1. The minimum Gasteiger partial charge on any atom is -0.481 e. The molecule has 1 heterocycles. The third-order valence-electron chi connectivity index (χ3n) is 2.87. The third-order valence-corrected chi connectivity index (χ3v) is 3.07. The second-order valence-corrected chi connectivity index (χ2v) is 4.88. The number of nitrogens with zero attached hydrogens (tertiary/aromatic N) is 1. The van der Waals surface area contributed by atoms with Gasteiger partial charge in [-0.25, -0.2) is 4.98 Å². The predicted octanol–water partition coefficient (Wildman–Crippen LogP) is 3.61. The Morgan fingerprint density at radius 1 is 1.25 bits per heavy atom. The van der Waals surface area contributed by atoms with E-state index >= 15 is 0 Å². The third kappa shape index (κ3) is 3.27. The average Bonchev–Trinajstić information content (AvgIpc) is 2.41. The lowest BCUT2D eigenvalue weighted by Gasteiger charge is -2.10. The first-order valence-electron chi connectivity index (χ1n) is 6.10. The van der Waals surface area contributed by atoms with Crippen molar-refractivity contribution in [2.75, 3.05) is 12.4 Å². The lowest BCUT2D eigenvalue weighted by atomic mass is 10.1. The maximum absolute atomic E-state index is 12.2. The fourth-order valence-electron chi connectivity index (χ4n) is 1.86. The molecule has 1 amide bonds. The number of methoxy groups -OCH3 is 1. The van der Waals surface area contributed by atoms with Gasteiger partial charge in [-0.2, -0.15) is 0 Å². The maximum atomic E-state index is 12.2. The second kappa shape index (κ2) is 5.92. The molecule has 0 atom stereocenters. The first-order valence-corrected chi connectivity index (χ1v) is 6.47. The molecule has 0 bridgehead atoms. The summed E-state index contributed by atoms with van der Waals surface area (Å²) in [4.78, 5) is 16.2. The maximum Gasteiger partial charge on any atom is 0.255 e. The summed E-state index contributed by atoms with van der Waals surface area (Å²) in [5, 5.41) is 3.07. The van der Waals surface area contributed by atoms with Crippen LogP contribution in [0.1, 0.15) is 21.5 Å². The molecule has 2 aromatic rings. The Labute approximate surface area is 122 Å². The van der Waals surface area contributed by atoms with Gasteiger partial charge in [-0.1, -0.05) is 29.3 Å². The number of hydrogen-bond donors (Lipinski definition) is 1. The van der Waals surface area contributed by atoms with Gasteiger partial charge in [0.15, 0.2) is 0 Å². The molecule has 0 radical (unpaired) electrons. The predicted molar refractivity (Wildman–Crippen MR) is 79.7 cm³/mol. The van der Waals surface area contributed by atoms with Gasteiger partial charge in [-0.3, -0.25) is 4.79 Å². The standard InChI is InChI=1S/C15H15ClN2O2/c1-9-4-5-12(10(2)6-9)17-15(19)11-7-13(16)18-14(8-11)20-3/h4-8H,1-3H3,(H,17,19). The molecule has 4 nitrogen and oxygen atoms in total. The van der Waals surface area contributed by atoms with Crippen LogP contribution in [0.2, 0.25) is 5.15 Å². The number of carbonyl (C=O) groups excluding carboxylic acids is 1. The lowest BCUT2D eigenvalue weighted by Crippen LogP contribution is -2.13. The van der Waals surface area contributed by atoms with Gasteiger partial charge in [0.05, 0.1) is 7.11 Å². The number of carbonyl (C=O) groups is 1. The van der Waals surface area contributed by atoms with E-state index in [1.54, 1.807) is 6.07 Å². The molecule has 1 N–H and O–H groups in total. The van der Waals surface area contributed by atoms with Crippen molar-refractivity contribution in [3.8, 4) is 5.88 Å². The second-order valence-electron chi connectivity index (χ2n) is 4.49. The van der Waals surface area contributed by atoms with E-state index < -0.39 is 0 Å². The number of halogens is 1. The van der Waals surface area contributed by atoms with Crippen LogP contribution < -0.4 is 10.1 Å². The van der Waals surface area contributed by atoms with Crippen LogP contribution in [-0.2, 0) is 0 Å². The summed E-state index contributed by atoms with van der Waals surface area (Å²) in [5.41, 5.74) is 3.33. The Hall–Kier alpha value is -2.07. The Morgan fingerprint density at radius 2 is 2.00 bits per heavy atom. The molecule has 0 aliphatic rings. The van der Waals surface area contributed by atoms with E-state index in [1.807, 2.05) is 32.0 Å². The molecule has 0 saturated carbocycles. The van der Waals surface area contributed by atoms with Crippen LogP contribution >= 0.6 is 11.6 Å². The van der Waals surface area contributed by atoms with Crippen LogP contribution in [0, 0.1) is 13.8 Å². The number of aromatic nitrogens is 1. The van der Waals surface area contributed by atoms with Gasteiger partial charge < -0.3 is 10.1 Å². The molecule has 0 fully saturated rings. The Balaban J connectivity index is 2.26. The van der Waals surface area contributed by atoms with Crippen LogP contribution in [0.4, 0.5) is 5.69 Å². The molecule has 2 rings (SSSR count). The zero-order valence-electron chi connectivity index (χ0n) is 11.5. The zero-order valence-corrected chi connectivity index (χ0v) is 12.3. The molecule has 0 aliphatic heterocycles. The fraction of sp³-hybridized carbons (Fsp3) is 0.200. The minimum atomic E-state index is -0.250. The highest BCUT2D eigenvalue weighted by Crippen LogP contribution is 2.20. The number of pyridine rings is 1. The summed E-state index contributed by atoms with van der Waals surface area (Å²) < 4.78 is 5.00. The monoisotopic (exact) mass is 290 g/mol. The van der Waals surface area contributed by atoms with Crippen molar-refractivity contribution in [2.45, 2.75) is 13.8 Å². The number of aryl methyl sites for hydroxylation is 2. The molecule has 5 heteroatoms. The molecule has 1 aromatic carbocycles. The molecule has 0 unspecified atom stereocenters. The highest BCUT2D eigenvalue weighted by molar-refractivity contribution is 6.30. The summed E-state index contributed by atoms with van der Waals surface area (Å²) >= 11 is 5.86. The van der Waals surface area contributed by atoms with Gasteiger partial charge in [0.1, 0.15) is 5.15 Å². The van der Waals surface area contributed by atoms with Crippen LogP contribution in [0.25, 0.3) is 0 Å². The largest absolute Gasteiger partial charge is 0.481 e. The first kappa shape index (κ1) is 14.3. The van der Waals surface area contributed by atoms with Gasteiger partial charge >= 0.3 is 0 Å². The van der Waals surface area contributed by atoms with Crippen LogP contribution in [-0.4, -0.2) is 18.0 Å². The van der Waals surface area contributed by atoms with E-state index in [-0.39, 0.29) is 11.1 Å². The molecule has 20 heavy (non-hydrogen) atoms. The van der Waals surface area contributed by atoms with E-state index in [0.717, 1.165) is 16.8 Å². The van der Waals surface area contributed by atoms with Crippen molar-refractivity contribution < 1.29 is 9.53 Å². The molecular weight excluding hydrogens is 276 g/mol. The number of benzene rings is 1. The molecule has 0 aliphatic carbocycles. The fourth-order valence-corrected chi connectivity index (χ4v) is 2.06. The van der Waals surface area contributed by atoms with Crippen LogP contribution in [0.5, 0.6) is 5.88 Å². The van der Waals surface area contributed by atoms with Gasteiger partial charge in [0.25, 0.3) is 5.91 Å². The number of hydrogen-bond acceptors (Lipinski definition) is 3. The Morgan fingerprint density at radius 3 is 2.65 bits per heavy atom. The summed E-state index contributed by atoms with van der Waals surface area (Å²) in [6.07, 6.45) is 0. The van der Waals surface area contributed by atoms with E-state index in [2.05, 4.69) is 10.3 Å². The normalized spacial score (nSPS) is 10.2. The van der Waals surface area contributed by atoms with Gasteiger partial charge in [0.2, 0.25) is 5.88 Å². The molecule has 104 valence electrons. The minimum absolute atomic E-state index is 0.218. The zero-order chi connectivity index (χ0) is 14.7. The van der Waals surface area contributed by atoms with E-state index in [0.29, 0.717) is 11.4 Å². The number of ether oxygens (including phenoxy) is 1. The van der Waals surface area contributed by atoms with Gasteiger partial charge in [0, 0.05) is 17.3 Å². The van der Waals surface area contributed by atoms with Crippen molar-refractivity contribution in [3.05, 3.63) is 52.2 Å². The van der Waals surface area contributed by atoms with E-state index in [9.17, 15) is 4.79 Å². The molecule has 1 aromatic heterocycles. The summed E-state index contributed by atoms with van der Waals surface area (Å²) in [6.45, 7) is 3.95. The number of rotatable bonds is 3. The molecule has 0 spiro atoms. The van der Waals surface area contributed by atoms with Crippen molar-refractivity contribution in [3.63, 3.8) is 0 Å². The van der Waals surface area contributed by atoms with Crippen LogP contribution in [0.3, 0.4) is 0 Å². The van der Waals surface area contributed by atoms with E-state index in [1.165, 1.54) is 13.2 Å². The van der Waals surface area contributed by atoms with Crippen molar-refractivity contribution in [1.82, 2.24) is 4.98 Å². The number of nitrogens with one attached hydrogen (secondary N) is 1. The van der Waals surface area contributed by atoms with Crippen molar-refractivity contribution in [2.24, 2.45) is 0 Å². The summed E-state index contributed by atoms with van der Waals surface area (Å²) in [7, 11) is 1.48. The van der Waals surface area contributed by atoms with E-state index in [4.69, 9.17) is 16.3 Å². The number of amides is 1. The average molecular weight is 291 g/mol. The Bertz CT molecular complexity index is 656. The van der Waals surface area contributed by atoms with Crippen molar-refractivity contribution >= 4 is 23.2 Å². The summed E-state index contributed by atoms with van der Waals surface area (Å²) in [6, 6.07) is 8.88. The summed E-state index contributed by atoms with van der Waals surface area (Å²) in [5.74, 6) is 0.0582. The quantitative estimate of drug-likeness (QED) is 0.879. The number of anilines is 1. The molecular formula is C15H15ClN2O2. The first-order chi connectivity index (χ1) is 9.49. The highest BCUT2D eigenvalue weighted by atomic mass is 35.5. The van der Waals surface area contributed by atoms with Gasteiger partial charge in [-0.15, -0.1) is 0 Å². The topological polar surface area (TPSA) is 51.2 Å². The smallest absolute Gasteiger partial charge is 0.255 e. The highest BCUT2D eigenvalue weighted by Gasteiger charge is 2.11. The Kier molecular flexibility index (Phi) is 4.25. The van der Waals surface area contributed by atoms with Crippen LogP contribution in [0.15, 0.2) is 30.3 Å².